The summed E-state index contributed by atoms with van der Waals surface area (Å²) >= 11 is 0. The lowest BCUT2D eigenvalue weighted by molar-refractivity contribution is 0.398. The Hall–Kier alpha value is -10.3. The minimum absolute atomic E-state index is 0.141. The van der Waals surface area contributed by atoms with Crippen LogP contribution in [0.3, 0.4) is 0 Å². The summed E-state index contributed by atoms with van der Waals surface area (Å²) in [7, 11) is 0. The van der Waals surface area contributed by atoms with Gasteiger partial charge in [-0.05, 0) is 312 Å². The van der Waals surface area contributed by atoms with Crippen molar-refractivity contribution in [2.24, 2.45) is 0 Å². The van der Waals surface area contributed by atoms with Crippen molar-refractivity contribution in [1.82, 2.24) is 0 Å². The van der Waals surface area contributed by atoms with Crippen LogP contribution in [-0.2, 0) is 54.8 Å². The van der Waals surface area contributed by atoms with Gasteiger partial charge in [0, 0.05) is 22.5 Å². The molecule has 0 aromatic heterocycles. The van der Waals surface area contributed by atoms with E-state index in [1.165, 1.54) is 303 Å². The van der Waals surface area contributed by atoms with Gasteiger partial charge in [0.25, 0.3) is 0 Å². The summed E-state index contributed by atoms with van der Waals surface area (Å²) in [5.74, 6) is 0.481. The van der Waals surface area contributed by atoms with Crippen molar-refractivity contribution in [2.75, 3.05) is 4.90 Å². The predicted octanol–water partition coefficient (Wildman–Crippen LogP) is 33.2. The molecule has 18 rings (SSSR count). The fraction of sp³-hybridized carbons (Fsp3) is 0.345. The molecule has 0 amide bonds. The highest BCUT2D eigenvalue weighted by atomic mass is 15.1. The average molecular weight is 1570 g/mol. The fourth-order valence-electron chi connectivity index (χ4n) is 22.3. The molecule has 120 heavy (non-hydrogen) atoms. The second-order valence-electron chi connectivity index (χ2n) is 37.1. The van der Waals surface area contributed by atoms with Crippen LogP contribution in [0.2, 0.25) is 0 Å². The first kappa shape index (κ1) is 80.7. The summed E-state index contributed by atoms with van der Waals surface area (Å²) in [4.78, 5) is 2.49. The maximum atomic E-state index is 2.72. The highest BCUT2D eigenvalue weighted by Crippen LogP contribution is 2.62. The van der Waals surface area contributed by atoms with Crippen LogP contribution in [0.5, 0.6) is 0 Å². The molecule has 0 radical (unpaired) electrons. The standard InChI is InChI=1S/C119H127N/c1-9-14-18-22-24-28-70-117(71-29-25-23-19-15-10-2)111-78-94(52-66-105(111)106-67-54-96(79-112(106)117)97-55-69-110-107-64-38-82(6)72-113(107)118(116(110)81-97,98-36-30-34-85(74-98)32-26-20-16-11-3)99-37-31-35-86(75-99)33-27-21-17-12-4)90-48-60-103(61-49-90)120(102-58-46-87(47-59-102)84(8)13-5)104-62-50-91(51-63-104)95-53-68-109-108-65-39-83(7)73-114(108)119(115(109)80-95,100-56-44-88-40-42-92(88)76-100)101-57-45-89-41-43-93(89)77-101/h30-31,34-39,44-69,72-81,84H,9-29,32-33,40-43,70-71H2,1-8H3. The zero-order valence-electron chi connectivity index (χ0n) is 73.4. The van der Waals surface area contributed by atoms with Crippen LogP contribution in [0.1, 0.15) is 301 Å². The Morgan fingerprint density at radius 1 is 0.275 bits per heavy atom. The molecule has 1 nitrogen and oxygen atoms in total. The number of aryl methyl sites for hydroxylation is 8. The topological polar surface area (TPSA) is 3.24 Å². The van der Waals surface area contributed by atoms with Crippen molar-refractivity contribution < 1.29 is 0 Å². The number of benzene rings is 13. The third-order valence-electron chi connectivity index (χ3n) is 29.4. The molecule has 0 aliphatic heterocycles. The van der Waals surface area contributed by atoms with E-state index in [4.69, 9.17) is 0 Å². The summed E-state index contributed by atoms with van der Waals surface area (Å²) in [6.07, 6.45) is 35.7. The van der Waals surface area contributed by atoms with Gasteiger partial charge in [-0.25, -0.2) is 0 Å². The lowest BCUT2D eigenvalue weighted by Crippen LogP contribution is -2.30. The second-order valence-corrected chi connectivity index (χ2v) is 37.1. The lowest BCUT2D eigenvalue weighted by atomic mass is 9.65. The van der Waals surface area contributed by atoms with E-state index in [2.05, 4.69) is 327 Å². The third kappa shape index (κ3) is 15.0. The molecule has 0 bridgehead atoms. The smallest absolute Gasteiger partial charge is 0.0714 e. The number of rotatable bonds is 36. The number of hydrogen-bond donors (Lipinski definition) is 0. The maximum absolute atomic E-state index is 2.72. The molecule has 1 unspecified atom stereocenters. The zero-order chi connectivity index (χ0) is 81.9. The molecule has 0 spiro atoms. The molecule has 13 aromatic rings. The Morgan fingerprint density at radius 2 is 0.600 bits per heavy atom. The van der Waals surface area contributed by atoms with Crippen LogP contribution in [0.15, 0.2) is 267 Å². The highest BCUT2D eigenvalue weighted by Gasteiger charge is 2.50. The third-order valence-corrected chi connectivity index (χ3v) is 29.4. The lowest BCUT2D eigenvalue weighted by Gasteiger charge is -2.37. The predicted molar refractivity (Wildman–Crippen MR) is 513 cm³/mol. The molecule has 1 atom stereocenters. The van der Waals surface area contributed by atoms with E-state index in [0.717, 1.165) is 62.0 Å². The normalized spacial score (nSPS) is 14.5. The molecule has 1 heteroatoms. The van der Waals surface area contributed by atoms with E-state index in [9.17, 15) is 0 Å². The van der Waals surface area contributed by atoms with E-state index >= 15 is 0 Å². The largest absolute Gasteiger partial charge is 0.311 e. The van der Waals surface area contributed by atoms with Crippen LogP contribution >= 0.6 is 0 Å². The number of anilines is 3. The van der Waals surface area contributed by atoms with Crippen molar-refractivity contribution in [2.45, 2.75) is 264 Å². The number of hydrogen-bond acceptors (Lipinski definition) is 1. The molecule has 5 aliphatic carbocycles. The van der Waals surface area contributed by atoms with E-state index in [-0.39, 0.29) is 5.41 Å². The van der Waals surface area contributed by atoms with Crippen molar-refractivity contribution >= 4 is 17.1 Å². The van der Waals surface area contributed by atoms with Gasteiger partial charge in [-0.3, -0.25) is 0 Å². The Bertz CT molecular complexity index is 5710. The van der Waals surface area contributed by atoms with Crippen LogP contribution in [0, 0.1) is 13.8 Å². The van der Waals surface area contributed by atoms with Gasteiger partial charge >= 0.3 is 0 Å². The molecule has 13 aromatic carbocycles. The summed E-state index contributed by atoms with van der Waals surface area (Å²) in [5.41, 5.74) is 45.5. The van der Waals surface area contributed by atoms with E-state index in [1.807, 2.05) is 0 Å². The van der Waals surface area contributed by atoms with Gasteiger partial charge in [0.15, 0.2) is 0 Å². The van der Waals surface area contributed by atoms with Gasteiger partial charge in [0.1, 0.15) is 0 Å². The van der Waals surface area contributed by atoms with Crippen LogP contribution in [-0.4, -0.2) is 0 Å². The van der Waals surface area contributed by atoms with Crippen molar-refractivity contribution in [3.05, 3.63) is 373 Å². The second kappa shape index (κ2) is 35.4. The molecular formula is C119H127N. The maximum Gasteiger partial charge on any atom is 0.0714 e. The van der Waals surface area contributed by atoms with Gasteiger partial charge in [0.05, 0.1) is 10.8 Å². The van der Waals surface area contributed by atoms with E-state index in [1.54, 1.807) is 11.1 Å². The molecular weight excluding hydrogens is 1440 g/mol. The molecule has 0 fully saturated rings. The Morgan fingerprint density at radius 3 is 0.983 bits per heavy atom. The molecule has 0 saturated heterocycles. The van der Waals surface area contributed by atoms with E-state index in [0.29, 0.717) is 5.92 Å². The molecule has 608 valence electrons. The van der Waals surface area contributed by atoms with Gasteiger partial charge in [-0.1, -0.05) is 375 Å². The highest BCUT2D eigenvalue weighted by molar-refractivity contribution is 5.93. The summed E-state index contributed by atoms with van der Waals surface area (Å²) in [5, 5.41) is 0. The molecule has 5 aliphatic rings. The van der Waals surface area contributed by atoms with Gasteiger partial charge in [-0.15, -0.1) is 0 Å². The Balaban J connectivity index is 0.719. The number of fused-ring (bicyclic) bond motifs is 11. The van der Waals surface area contributed by atoms with Crippen molar-refractivity contribution in [3.8, 4) is 66.8 Å². The van der Waals surface area contributed by atoms with Gasteiger partial charge in [0.2, 0.25) is 0 Å². The number of unbranched alkanes of at least 4 members (excludes halogenated alkanes) is 16. The minimum atomic E-state index is -0.505. The monoisotopic (exact) mass is 1570 g/mol. The molecule has 0 N–H and O–H groups in total. The van der Waals surface area contributed by atoms with Crippen LogP contribution < -0.4 is 4.90 Å². The molecule has 0 heterocycles. The summed E-state index contributed by atoms with van der Waals surface area (Å²) in [6.45, 7) is 18.6. The molecule has 0 saturated carbocycles. The summed E-state index contributed by atoms with van der Waals surface area (Å²) in [6, 6.07) is 108. The van der Waals surface area contributed by atoms with E-state index < -0.39 is 10.8 Å². The van der Waals surface area contributed by atoms with Crippen molar-refractivity contribution in [1.29, 1.82) is 0 Å². The van der Waals surface area contributed by atoms with Crippen molar-refractivity contribution in [3.63, 3.8) is 0 Å². The van der Waals surface area contributed by atoms with Gasteiger partial charge < -0.3 is 4.90 Å². The first-order valence-electron chi connectivity index (χ1n) is 47.3. The Labute approximate surface area is 720 Å². The zero-order valence-corrected chi connectivity index (χ0v) is 73.4. The first-order chi connectivity index (χ1) is 58.9. The average Bonchev–Trinajstić information content (AvgIpc) is 1.52. The fourth-order valence-corrected chi connectivity index (χ4v) is 22.3. The quantitative estimate of drug-likeness (QED) is 0.0354. The number of nitrogens with zero attached hydrogens (tertiary/aromatic N) is 1. The van der Waals surface area contributed by atoms with Gasteiger partial charge in [-0.2, -0.15) is 0 Å². The SMILES string of the molecule is CCCCCCCCC1(CCCCCCCC)c2cc(-c3ccc(N(c4ccc(-c5ccc6c(c5)C(c5ccc7c(c5)CC7)(c5ccc7c(c5)CC7)c5cc(C)ccc5-6)cc4)c4ccc(C(C)CC)cc4)cc3)ccc2-c2ccc(-c3ccc4c(c3)C(c3cccc(CCCCCC)c3)(c3cccc(CCCCCC)c3)c3cc(C)ccc3-4)cc21. The van der Waals surface area contributed by atoms with Crippen LogP contribution in [0.4, 0.5) is 17.1 Å². The summed E-state index contributed by atoms with van der Waals surface area (Å²) < 4.78 is 0. The Kier molecular flexibility index (Phi) is 23.8. The minimum Gasteiger partial charge on any atom is -0.311 e. The van der Waals surface area contributed by atoms with Crippen LogP contribution in [0.25, 0.3) is 66.8 Å². The first-order valence-corrected chi connectivity index (χ1v) is 47.3.